The second-order valence-electron chi connectivity index (χ2n) is 2.52. The summed E-state index contributed by atoms with van der Waals surface area (Å²) in [7, 11) is 0. The Kier molecular flexibility index (Phi) is 3.42. The summed E-state index contributed by atoms with van der Waals surface area (Å²) in [4.78, 5) is 0. The smallest absolute Gasteiger partial charge is 0.135 e. The summed E-state index contributed by atoms with van der Waals surface area (Å²) in [5, 5.41) is 10.0. The van der Waals surface area contributed by atoms with Gasteiger partial charge in [0.25, 0.3) is 0 Å². The summed E-state index contributed by atoms with van der Waals surface area (Å²) in [6.45, 7) is 2.63. The number of halogens is 2. The molecule has 0 bridgehead atoms. The fraction of sp³-hybridized carbons (Fsp3) is 0.222. The third-order valence-corrected chi connectivity index (χ3v) is 2.06. The molecule has 1 aromatic rings. The Morgan fingerprint density at radius 2 is 2.31 bits per heavy atom. The van der Waals surface area contributed by atoms with Crippen LogP contribution in [0.4, 0.5) is 10.1 Å². The van der Waals surface area contributed by atoms with Gasteiger partial charge in [0.2, 0.25) is 0 Å². The van der Waals surface area contributed by atoms with Crippen LogP contribution in [-0.2, 0) is 0 Å². The first-order chi connectivity index (χ1) is 6.19. The van der Waals surface area contributed by atoms with E-state index in [1.54, 1.807) is 6.07 Å². The molecule has 0 amide bonds. The summed E-state index contributed by atoms with van der Waals surface area (Å²) in [5.74, 6) is -0.389. The molecule has 2 N–H and O–H groups in total. The highest BCUT2D eigenvalue weighted by Gasteiger charge is 2.06. The maximum absolute atomic E-state index is 13.2. The first-order valence-corrected chi connectivity index (χ1v) is 4.71. The normalized spacial score (nSPS) is 9.77. The number of benzene rings is 1. The highest BCUT2D eigenvalue weighted by molar-refractivity contribution is 9.10. The Labute approximate surface area is 84.8 Å². The largest absolute Gasteiger partial charge is 0.385 e. The van der Waals surface area contributed by atoms with Crippen LogP contribution >= 0.6 is 15.9 Å². The monoisotopic (exact) mass is 244 g/mol. The molecule has 0 aromatic heterocycles. The molecule has 4 heteroatoms. The Morgan fingerprint density at radius 1 is 1.62 bits per heavy atom. The summed E-state index contributed by atoms with van der Waals surface area (Å²) in [5.41, 5.74) is 0.939. The average molecular weight is 245 g/mol. The Morgan fingerprint density at radius 3 is 2.85 bits per heavy atom. The van der Waals surface area contributed by atoms with Gasteiger partial charge in [0.1, 0.15) is 5.82 Å². The topological polar surface area (TPSA) is 35.9 Å². The van der Waals surface area contributed by atoms with E-state index in [0.29, 0.717) is 22.3 Å². The van der Waals surface area contributed by atoms with E-state index in [1.807, 2.05) is 6.92 Å². The van der Waals surface area contributed by atoms with Crippen molar-refractivity contribution in [1.29, 1.82) is 5.41 Å². The lowest BCUT2D eigenvalue weighted by molar-refractivity contribution is 0.625. The van der Waals surface area contributed by atoms with Crippen molar-refractivity contribution in [2.45, 2.75) is 6.92 Å². The van der Waals surface area contributed by atoms with Crippen molar-refractivity contribution in [2.75, 3.05) is 11.9 Å². The predicted octanol–water partition coefficient (Wildman–Crippen LogP) is 3.02. The van der Waals surface area contributed by atoms with Crippen LogP contribution in [0.15, 0.2) is 16.6 Å². The zero-order valence-electron chi connectivity index (χ0n) is 7.20. The lowest BCUT2D eigenvalue weighted by Gasteiger charge is -2.08. The highest BCUT2D eigenvalue weighted by Crippen LogP contribution is 2.23. The van der Waals surface area contributed by atoms with E-state index < -0.39 is 0 Å². The summed E-state index contributed by atoms with van der Waals surface area (Å²) >= 11 is 3.19. The molecule has 1 rings (SSSR count). The fourth-order valence-electron chi connectivity index (χ4n) is 1.07. The molecule has 0 radical (unpaired) electrons. The van der Waals surface area contributed by atoms with Crippen LogP contribution in [0.1, 0.15) is 12.5 Å². The van der Waals surface area contributed by atoms with Gasteiger partial charge in [-0.15, -0.1) is 0 Å². The average Bonchev–Trinajstić information content (AvgIpc) is 2.04. The lowest BCUT2D eigenvalue weighted by atomic mass is 10.2. The van der Waals surface area contributed by atoms with Crippen LogP contribution in [0.5, 0.6) is 0 Å². The van der Waals surface area contributed by atoms with Crippen molar-refractivity contribution in [3.63, 3.8) is 0 Å². The molecule has 70 valence electrons. The molecule has 0 unspecified atom stereocenters. The molecular formula is C9H10BrFN2. The zero-order chi connectivity index (χ0) is 9.84. The minimum atomic E-state index is -0.389. The highest BCUT2D eigenvalue weighted by atomic mass is 79.9. The van der Waals surface area contributed by atoms with Gasteiger partial charge in [0.15, 0.2) is 0 Å². The van der Waals surface area contributed by atoms with Crippen LogP contribution < -0.4 is 5.32 Å². The van der Waals surface area contributed by atoms with Crippen molar-refractivity contribution in [3.05, 3.63) is 28.0 Å². The summed E-state index contributed by atoms with van der Waals surface area (Å²) in [6, 6.07) is 3.11. The molecule has 0 spiro atoms. The van der Waals surface area contributed by atoms with Crippen LogP contribution in [-0.4, -0.2) is 12.8 Å². The van der Waals surface area contributed by atoms with Crippen molar-refractivity contribution < 1.29 is 4.39 Å². The maximum atomic E-state index is 13.2. The number of hydrogen-bond donors (Lipinski definition) is 2. The molecular weight excluding hydrogens is 235 g/mol. The third-order valence-electron chi connectivity index (χ3n) is 1.61. The number of anilines is 1. The molecule has 0 atom stereocenters. The van der Waals surface area contributed by atoms with Gasteiger partial charge in [-0.2, -0.15) is 0 Å². The van der Waals surface area contributed by atoms with E-state index in [0.717, 1.165) is 6.21 Å². The summed E-state index contributed by atoms with van der Waals surface area (Å²) in [6.07, 6.45) is 1.01. The van der Waals surface area contributed by atoms with E-state index in [1.165, 1.54) is 6.07 Å². The molecule has 0 heterocycles. The van der Waals surface area contributed by atoms with Crippen molar-refractivity contribution in [2.24, 2.45) is 0 Å². The second-order valence-corrected chi connectivity index (χ2v) is 3.44. The van der Waals surface area contributed by atoms with E-state index in [2.05, 4.69) is 21.2 Å². The van der Waals surface area contributed by atoms with Crippen molar-refractivity contribution in [3.8, 4) is 0 Å². The predicted molar refractivity (Wildman–Crippen MR) is 56.1 cm³/mol. The van der Waals surface area contributed by atoms with E-state index in [-0.39, 0.29) is 5.82 Å². The molecule has 0 aliphatic heterocycles. The number of hydrogen-bond acceptors (Lipinski definition) is 2. The van der Waals surface area contributed by atoms with E-state index >= 15 is 0 Å². The van der Waals surface area contributed by atoms with Gasteiger partial charge in [-0.25, -0.2) is 4.39 Å². The molecule has 0 aliphatic carbocycles. The van der Waals surface area contributed by atoms with Crippen LogP contribution in [0.2, 0.25) is 0 Å². The minimum absolute atomic E-state index is 0.296. The SMILES string of the molecule is CCNc1cc(Br)cc(F)c1C=N. The van der Waals surface area contributed by atoms with Crippen LogP contribution in [0.25, 0.3) is 0 Å². The lowest BCUT2D eigenvalue weighted by Crippen LogP contribution is -2.02. The van der Waals surface area contributed by atoms with E-state index in [4.69, 9.17) is 5.41 Å². The van der Waals surface area contributed by atoms with Gasteiger partial charge in [0.05, 0.1) is 5.56 Å². The van der Waals surface area contributed by atoms with Gasteiger partial charge >= 0.3 is 0 Å². The van der Waals surface area contributed by atoms with Gasteiger partial charge in [-0.1, -0.05) is 15.9 Å². The number of nitrogens with one attached hydrogen (secondary N) is 2. The van der Waals surface area contributed by atoms with Crippen LogP contribution in [0, 0.1) is 11.2 Å². The molecule has 2 nitrogen and oxygen atoms in total. The fourth-order valence-corrected chi connectivity index (χ4v) is 1.50. The third kappa shape index (κ3) is 2.28. The number of rotatable bonds is 3. The maximum Gasteiger partial charge on any atom is 0.135 e. The van der Waals surface area contributed by atoms with Crippen molar-refractivity contribution in [1.82, 2.24) is 0 Å². The molecule has 0 saturated carbocycles. The molecule has 1 aromatic carbocycles. The van der Waals surface area contributed by atoms with Gasteiger partial charge < -0.3 is 10.7 Å². The van der Waals surface area contributed by atoms with Gasteiger partial charge in [-0.05, 0) is 19.1 Å². The summed E-state index contributed by atoms with van der Waals surface area (Å²) < 4.78 is 13.9. The second kappa shape index (κ2) is 4.37. The first kappa shape index (κ1) is 10.2. The zero-order valence-corrected chi connectivity index (χ0v) is 8.78. The molecule has 0 aliphatic rings. The van der Waals surface area contributed by atoms with Gasteiger partial charge in [-0.3, -0.25) is 0 Å². The Bertz CT molecular complexity index is 326. The molecule has 0 saturated heterocycles. The van der Waals surface area contributed by atoms with E-state index in [9.17, 15) is 4.39 Å². The first-order valence-electron chi connectivity index (χ1n) is 3.92. The Hall–Kier alpha value is -0.900. The minimum Gasteiger partial charge on any atom is -0.385 e. The molecule has 13 heavy (non-hydrogen) atoms. The standard InChI is InChI=1S/C9H10BrFN2/c1-2-13-9-4-6(10)3-8(11)7(9)5-12/h3-5,12-13H,2H2,1H3. The molecule has 0 fully saturated rings. The van der Waals surface area contributed by atoms with Crippen LogP contribution in [0.3, 0.4) is 0 Å². The Balaban J connectivity index is 3.20. The quantitative estimate of drug-likeness (QED) is 0.789. The van der Waals surface area contributed by atoms with Crippen molar-refractivity contribution >= 4 is 27.8 Å². The van der Waals surface area contributed by atoms with Gasteiger partial charge in [0, 0.05) is 22.9 Å².